The van der Waals surface area contributed by atoms with Gasteiger partial charge in [-0.2, -0.15) is 0 Å². The van der Waals surface area contributed by atoms with Crippen LogP contribution in [0.4, 0.5) is 4.79 Å². The fourth-order valence-electron chi connectivity index (χ4n) is 1.83. The van der Waals surface area contributed by atoms with Gasteiger partial charge >= 0.3 is 6.09 Å². The minimum absolute atomic E-state index is 0.0243. The van der Waals surface area contributed by atoms with Crippen molar-refractivity contribution >= 4 is 6.09 Å². The first-order valence-corrected chi connectivity index (χ1v) is 4.11. The van der Waals surface area contributed by atoms with Crippen molar-refractivity contribution in [2.24, 2.45) is 0 Å². The molecule has 0 unspecified atom stereocenters. The first-order chi connectivity index (χ1) is 5.79. The summed E-state index contributed by atoms with van der Waals surface area (Å²) in [5, 5.41) is 11.9. The van der Waals surface area contributed by atoms with Crippen molar-refractivity contribution in [2.75, 3.05) is 26.2 Å². The summed E-state index contributed by atoms with van der Waals surface area (Å²) in [6, 6.07) is 0.0243. The lowest BCUT2D eigenvalue weighted by Crippen LogP contribution is -2.52. The van der Waals surface area contributed by atoms with Crippen LogP contribution >= 0.6 is 0 Å². The van der Waals surface area contributed by atoms with Gasteiger partial charge in [0, 0.05) is 19.6 Å². The molecule has 2 aliphatic rings. The molecule has 5 heteroatoms. The molecule has 1 amide bonds. The van der Waals surface area contributed by atoms with Crippen LogP contribution < -0.4 is 5.32 Å². The van der Waals surface area contributed by atoms with Crippen molar-refractivity contribution in [3.05, 3.63) is 0 Å². The molecule has 0 bridgehead atoms. The summed E-state index contributed by atoms with van der Waals surface area (Å²) in [6.45, 7) is 2.51. The van der Waals surface area contributed by atoms with E-state index in [4.69, 9.17) is 9.84 Å². The molecule has 2 N–H and O–H groups in total. The van der Waals surface area contributed by atoms with Crippen LogP contribution in [0.5, 0.6) is 0 Å². The van der Waals surface area contributed by atoms with E-state index in [2.05, 4.69) is 5.32 Å². The summed E-state index contributed by atoms with van der Waals surface area (Å²) in [5.41, 5.74) is 0. The third-order valence-corrected chi connectivity index (χ3v) is 2.44. The Morgan fingerprint density at radius 2 is 2.42 bits per heavy atom. The van der Waals surface area contributed by atoms with Crippen molar-refractivity contribution in [3.63, 3.8) is 0 Å². The van der Waals surface area contributed by atoms with E-state index >= 15 is 0 Å². The van der Waals surface area contributed by atoms with Crippen molar-refractivity contribution in [1.29, 1.82) is 0 Å². The van der Waals surface area contributed by atoms with E-state index in [1.54, 1.807) is 0 Å². The predicted octanol–water partition coefficient (Wildman–Crippen LogP) is -0.663. The highest BCUT2D eigenvalue weighted by Gasteiger charge is 2.38. The van der Waals surface area contributed by atoms with Crippen LogP contribution in [-0.2, 0) is 4.74 Å². The molecular formula is C7H12N2O3. The van der Waals surface area contributed by atoms with Crippen LogP contribution in [0.2, 0.25) is 0 Å². The monoisotopic (exact) mass is 172 g/mol. The Balaban J connectivity index is 2.08. The molecule has 0 saturated carbocycles. The highest BCUT2D eigenvalue weighted by atomic mass is 16.5. The van der Waals surface area contributed by atoms with Crippen molar-refractivity contribution < 1.29 is 14.6 Å². The van der Waals surface area contributed by atoms with E-state index in [0.29, 0.717) is 13.2 Å². The summed E-state index contributed by atoms with van der Waals surface area (Å²) < 4.78 is 5.41. The molecule has 0 radical (unpaired) electrons. The van der Waals surface area contributed by atoms with E-state index in [9.17, 15) is 4.79 Å². The Bertz CT molecular complexity index is 197. The molecule has 68 valence electrons. The molecule has 0 aromatic heterocycles. The maximum atomic E-state index is 10.7. The molecule has 5 nitrogen and oxygen atoms in total. The molecule has 2 heterocycles. The van der Waals surface area contributed by atoms with Crippen molar-refractivity contribution in [3.8, 4) is 0 Å². The average molecular weight is 172 g/mol. The Kier molecular flexibility index (Phi) is 1.90. The van der Waals surface area contributed by atoms with E-state index in [1.807, 2.05) is 0 Å². The Hall–Kier alpha value is -0.810. The van der Waals surface area contributed by atoms with Gasteiger partial charge in [0.2, 0.25) is 0 Å². The number of carboxylic acid groups (broad SMARTS) is 1. The van der Waals surface area contributed by atoms with Gasteiger partial charge in [-0.1, -0.05) is 0 Å². The third kappa shape index (κ3) is 1.15. The van der Waals surface area contributed by atoms with Gasteiger partial charge in [0.25, 0.3) is 0 Å². The summed E-state index contributed by atoms with van der Waals surface area (Å²) in [4.78, 5) is 12.2. The molecule has 12 heavy (non-hydrogen) atoms. The Morgan fingerprint density at radius 3 is 3.17 bits per heavy atom. The zero-order valence-corrected chi connectivity index (χ0v) is 6.69. The first kappa shape index (κ1) is 7.82. The van der Waals surface area contributed by atoms with Gasteiger partial charge in [0.15, 0.2) is 0 Å². The zero-order chi connectivity index (χ0) is 8.55. The average Bonchev–Trinajstić information content (AvgIpc) is 2.49. The standard InChI is InChI=1S/C7H12N2O3/c10-7(11)9-1-2-12-6-4-8-3-5(6)9/h5-6,8H,1-4H2,(H,10,11)/t5-,6+/m1/s1. The lowest BCUT2D eigenvalue weighted by molar-refractivity contribution is -0.0377. The quantitative estimate of drug-likeness (QED) is 0.509. The number of hydrogen-bond donors (Lipinski definition) is 2. The number of ether oxygens (including phenoxy) is 1. The number of fused-ring (bicyclic) bond motifs is 1. The fraction of sp³-hybridized carbons (Fsp3) is 0.857. The van der Waals surface area contributed by atoms with E-state index in [0.717, 1.165) is 13.1 Å². The highest BCUT2D eigenvalue weighted by Crippen LogP contribution is 2.17. The predicted molar refractivity (Wildman–Crippen MR) is 41.1 cm³/mol. The van der Waals surface area contributed by atoms with Gasteiger partial charge in [-0.25, -0.2) is 4.79 Å². The minimum atomic E-state index is -0.836. The van der Waals surface area contributed by atoms with Crippen LogP contribution in [0, 0.1) is 0 Å². The van der Waals surface area contributed by atoms with Gasteiger partial charge in [0.05, 0.1) is 18.8 Å². The van der Waals surface area contributed by atoms with Crippen LogP contribution in [0.15, 0.2) is 0 Å². The molecule has 0 spiro atoms. The molecule has 2 saturated heterocycles. The van der Waals surface area contributed by atoms with Crippen LogP contribution in [-0.4, -0.2) is 54.5 Å². The SMILES string of the molecule is O=C(O)N1CCO[C@H]2CNC[C@H]21. The molecule has 0 aliphatic carbocycles. The molecule has 2 fully saturated rings. The van der Waals surface area contributed by atoms with Gasteiger partial charge in [-0.15, -0.1) is 0 Å². The van der Waals surface area contributed by atoms with Crippen molar-refractivity contribution in [1.82, 2.24) is 10.2 Å². The summed E-state index contributed by atoms with van der Waals surface area (Å²) >= 11 is 0. The number of morpholine rings is 1. The molecular weight excluding hydrogens is 160 g/mol. The third-order valence-electron chi connectivity index (χ3n) is 2.44. The highest BCUT2D eigenvalue weighted by molar-refractivity contribution is 5.65. The number of nitrogens with one attached hydrogen (secondary N) is 1. The molecule has 2 atom stereocenters. The largest absolute Gasteiger partial charge is 0.465 e. The number of rotatable bonds is 0. The summed E-state index contributed by atoms with van der Waals surface area (Å²) in [7, 11) is 0. The van der Waals surface area contributed by atoms with E-state index in [1.165, 1.54) is 4.90 Å². The van der Waals surface area contributed by atoms with Gasteiger partial charge in [0.1, 0.15) is 0 Å². The Labute approximate surface area is 70.3 Å². The Morgan fingerprint density at radius 1 is 1.58 bits per heavy atom. The number of hydrogen-bond acceptors (Lipinski definition) is 3. The summed E-state index contributed by atoms with van der Waals surface area (Å²) in [5.74, 6) is 0. The second kappa shape index (κ2) is 2.91. The van der Waals surface area contributed by atoms with Gasteiger partial charge < -0.3 is 15.2 Å². The summed E-state index contributed by atoms with van der Waals surface area (Å²) in [6.07, 6.45) is -0.771. The maximum Gasteiger partial charge on any atom is 0.407 e. The number of nitrogens with zero attached hydrogens (tertiary/aromatic N) is 1. The van der Waals surface area contributed by atoms with Gasteiger partial charge in [-0.05, 0) is 0 Å². The second-order valence-corrected chi connectivity index (χ2v) is 3.11. The first-order valence-electron chi connectivity index (χ1n) is 4.11. The lowest BCUT2D eigenvalue weighted by Gasteiger charge is -2.34. The van der Waals surface area contributed by atoms with Gasteiger partial charge in [-0.3, -0.25) is 4.90 Å². The van der Waals surface area contributed by atoms with Crippen molar-refractivity contribution in [2.45, 2.75) is 12.1 Å². The smallest absolute Gasteiger partial charge is 0.407 e. The fourth-order valence-corrected chi connectivity index (χ4v) is 1.83. The maximum absolute atomic E-state index is 10.7. The van der Waals surface area contributed by atoms with Crippen LogP contribution in [0.25, 0.3) is 0 Å². The topological polar surface area (TPSA) is 61.8 Å². The number of carbonyl (C=O) groups is 1. The van der Waals surface area contributed by atoms with E-state index in [-0.39, 0.29) is 12.1 Å². The minimum Gasteiger partial charge on any atom is -0.465 e. The van der Waals surface area contributed by atoms with Crippen LogP contribution in [0.1, 0.15) is 0 Å². The molecule has 0 aromatic carbocycles. The molecule has 2 aliphatic heterocycles. The second-order valence-electron chi connectivity index (χ2n) is 3.11. The van der Waals surface area contributed by atoms with E-state index < -0.39 is 6.09 Å². The number of amides is 1. The lowest BCUT2D eigenvalue weighted by atomic mass is 10.1. The van der Waals surface area contributed by atoms with Crippen LogP contribution in [0.3, 0.4) is 0 Å². The normalized spacial score (nSPS) is 34.8. The molecule has 0 aromatic rings. The zero-order valence-electron chi connectivity index (χ0n) is 6.69. The molecule has 2 rings (SSSR count).